The first-order valence-electron chi connectivity index (χ1n) is 9.80. The van der Waals surface area contributed by atoms with Crippen LogP contribution in [0.5, 0.6) is 0 Å². The number of amides is 1. The number of hydrogen-bond acceptors (Lipinski definition) is 6. The molecule has 0 bridgehead atoms. The van der Waals surface area contributed by atoms with Crippen LogP contribution in [-0.2, 0) is 14.8 Å². The third-order valence-corrected chi connectivity index (χ3v) is 6.49. The van der Waals surface area contributed by atoms with Crippen molar-refractivity contribution < 1.29 is 13.2 Å². The van der Waals surface area contributed by atoms with E-state index in [0.29, 0.717) is 17.9 Å². The van der Waals surface area contributed by atoms with Crippen LogP contribution in [0.2, 0.25) is 0 Å². The molecule has 3 rings (SSSR count). The fourth-order valence-electron chi connectivity index (χ4n) is 3.37. The van der Waals surface area contributed by atoms with Gasteiger partial charge in [-0.15, -0.1) is 0 Å². The van der Waals surface area contributed by atoms with Crippen molar-refractivity contribution in [1.82, 2.24) is 19.8 Å². The number of unbranched alkanes of at least 4 members (excludes halogenated alkanes) is 1. The van der Waals surface area contributed by atoms with Crippen molar-refractivity contribution in [3.05, 3.63) is 29.8 Å². The molecule has 2 aliphatic heterocycles. The van der Waals surface area contributed by atoms with Crippen LogP contribution in [0.15, 0.2) is 34.2 Å². The second-order valence-electron chi connectivity index (χ2n) is 7.28. The van der Waals surface area contributed by atoms with Gasteiger partial charge in [0.1, 0.15) is 5.84 Å². The molecule has 0 unspecified atom stereocenters. The normalized spacial score (nSPS) is 20.7. The highest BCUT2D eigenvalue weighted by molar-refractivity contribution is 7.90. The Morgan fingerprint density at radius 3 is 2.71 bits per heavy atom. The van der Waals surface area contributed by atoms with Gasteiger partial charge in [0, 0.05) is 44.7 Å². The number of likely N-dealkylation sites (N-methyl/N-ethyl adjacent to an activating group) is 1. The standard InChI is InChI=1S/C19H29N5O3S/c1-23-12-14-24(15-13-23)11-5-4-9-20-18(25)8-10-21-19-16-6-2-3-7-17(16)28(26,27)22-19/h2-3,6-7H,4-5,8-15H2,1H3,(H,20,25)(H,21,22). The van der Waals surface area contributed by atoms with E-state index in [1.807, 2.05) is 0 Å². The number of hydrogen-bond donors (Lipinski definition) is 2. The lowest BCUT2D eigenvalue weighted by Crippen LogP contribution is -2.44. The van der Waals surface area contributed by atoms with Crippen LogP contribution in [0.25, 0.3) is 0 Å². The zero-order valence-electron chi connectivity index (χ0n) is 16.4. The number of piperazine rings is 1. The summed E-state index contributed by atoms with van der Waals surface area (Å²) in [6.07, 6.45) is 2.27. The maximum Gasteiger partial charge on any atom is 0.263 e. The minimum absolute atomic E-state index is 0.0573. The number of carbonyl (C=O) groups excluding carboxylic acids is 1. The predicted molar refractivity (Wildman–Crippen MR) is 109 cm³/mol. The summed E-state index contributed by atoms with van der Waals surface area (Å²) in [5.41, 5.74) is 0.562. The average molecular weight is 408 g/mol. The van der Waals surface area contributed by atoms with Crippen LogP contribution in [0.3, 0.4) is 0 Å². The van der Waals surface area contributed by atoms with Crippen molar-refractivity contribution in [2.75, 3.05) is 52.9 Å². The summed E-state index contributed by atoms with van der Waals surface area (Å²) in [5, 5.41) is 2.91. The molecule has 28 heavy (non-hydrogen) atoms. The lowest BCUT2D eigenvalue weighted by atomic mass is 10.2. The van der Waals surface area contributed by atoms with Crippen LogP contribution < -0.4 is 10.0 Å². The summed E-state index contributed by atoms with van der Waals surface area (Å²) in [6.45, 7) is 6.49. The molecule has 1 aromatic rings. The molecule has 2 aliphatic rings. The molecule has 0 radical (unpaired) electrons. The van der Waals surface area contributed by atoms with Crippen LogP contribution in [0, 0.1) is 0 Å². The van der Waals surface area contributed by atoms with E-state index in [0.717, 1.165) is 45.6 Å². The molecule has 9 heteroatoms. The second-order valence-corrected chi connectivity index (χ2v) is 8.93. The van der Waals surface area contributed by atoms with Gasteiger partial charge in [0.05, 0.1) is 11.4 Å². The molecule has 1 aromatic carbocycles. The number of nitrogens with one attached hydrogen (secondary N) is 2. The summed E-state index contributed by atoms with van der Waals surface area (Å²) in [5.74, 6) is 0.258. The van der Waals surface area contributed by atoms with Crippen molar-refractivity contribution >= 4 is 21.8 Å². The van der Waals surface area contributed by atoms with Gasteiger partial charge in [-0.2, -0.15) is 0 Å². The van der Waals surface area contributed by atoms with Crippen molar-refractivity contribution in [3.8, 4) is 0 Å². The van der Waals surface area contributed by atoms with Crippen molar-refractivity contribution in [2.24, 2.45) is 4.99 Å². The first-order chi connectivity index (χ1) is 13.5. The number of benzene rings is 1. The minimum atomic E-state index is -3.53. The molecule has 2 heterocycles. The van der Waals surface area contributed by atoms with Crippen molar-refractivity contribution in [2.45, 2.75) is 24.2 Å². The quantitative estimate of drug-likeness (QED) is 0.603. The van der Waals surface area contributed by atoms with Gasteiger partial charge in [0.2, 0.25) is 5.91 Å². The molecule has 0 aromatic heterocycles. The van der Waals surface area contributed by atoms with Gasteiger partial charge in [-0.1, -0.05) is 12.1 Å². The summed E-state index contributed by atoms with van der Waals surface area (Å²) in [7, 11) is -1.38. The van der Waals surface area contributed by atoms with Gasteiger partial charge >= 0.3 is 0 Å². The van der Waals surface area contributed by atoms with Gasteiger partial charge < -0.3 is 15.1 Å². The van der Waals surface area contributed by atoms with E-state index in [1.54, 1.807) is 24.3 Å². The summed E-state index contributed by atoms with van der Waals surface area (Å²) < 4.78 is 26.5. The van der Waals surface area contributed by atoms with Crippen LogP contribution in [0.1, 0.15) is 24.8 Å². The maximum atomic E-state index is 12.0. The first kappa shape index (κ1) is 20.8. The number of rotatable bonds is 8. The minimum Gasteiger partial charge on any atom is -0.356 e. The summed E-state index contributed by atoms with van der Waals surface area (Å²) >= 11 is 0. The van der Waals surface area contributed by atoms with Crippen molar-refractivity contribution in [3.63, 3.8) is 0 Å². The van der Waals surface area contributed by atoms with Gasteiger partial charge in [-0.25, -0.2) is 8.42 Å². The topological polar surface area (TPSA) is 94.1 Å². The van der Waals surface area contributed by atoms with E-state index in [1.165, 1.54) is 0 Å². The zero-order chi connectivity index (χ0) is 20.0. The number of fused-ring (bicyclic) bond motifs is 1. The number of sulfonamides is 1. The highest BCUT2D eigenvalue weighted by Crippen LogP contribution is 2.22. The molecule has 1 fully saturated rings. The van der Waals surface area contributed by atoms with E-state index >= 15 is 0 Å². The van der Waals surface area contributed by atoms with Crippen LogP contribution >= 0.6 is 0 Å². The Balaban J connectivity index is 1.33. The number of amidine groups is 1. The Hall–Kier alpha value is -1.97. The molecular formula is C19H29N5O3S. The Morgan fingerprint density at radius 1 is 1.18 bits per heavy atom. The molecule has 154 valence electrons. The summed E-state index contributed by atoms with van der Waals surface area (Å²) in [4.78, 5) is 21.3. The Labute approximate surface area is 167 Å². The fourth-order valence-corrected chi connectivity index (χ4v) is 4.62. The zero-order valence-corrected chi connectivity index (χ0v) is 17.2. The Morgan fingerprint density at radius 2 is 1.93 bits per heavy atom. The van der Waals surface area contributed by atoms with E-state index in [9.17, 15) is 13.2 Å². The van der Waals surface area contributed by atoms with E-state index in [4.69, 9.17) is 0 Å². The monoisotopic (exact) mass is 407 g/mol. The molecule has 0 spiro atoms. The SMILES string of the molecule is CN1CCN(CCCCNC(=O)CCN=C2NS(=O)(=O)c3ccccc32)CC1. The highest BCUT2D eigenvalue weighted by Gasteiger charge is 2.29. The van der Waals surface area contributed by atoms with Gasteiger partial charge in [-0.3, -0.25) is 14.5 Å². The average Bonchev–Trinajstić information content (AvgIpc) is 2.94. The van der Waals surface area contributed by atoms with Gasteiger partial charge in [-0.05, 0) is 38.6 Å². The molecule has 0 aliphatic carbocycles. The third-order valence-electron chi connectivity index (χ3n) is 5.09. The lowest BCUT2D eigenvalue weighted by Gasteiger charge is -2.32. The summed E-state index contributed by atoms with van der Waals surface area (Å²) in [6, 6.07) is 6.71. The number of carbonyl (C=O) groups is 1. The number of nitrogens with zero attached hydrogens (tertiary/aromatic N) is 3. The molecule has 0 atom stereocenters. The first-order valence-corrected chi connectivity index (χ1v) is 11.3. The molecule has 1 amide bonds. The molecule has 0 saturated carbocycles. The second kappa shape index (κ2) is 9.49. The number of aliphatic imine (C=N–C) groups is 1. The van der Waals surface area contributed by atoms with Gasteiger partial charge in [0.15, 0.2) is 0 Å². The van der Waals surface area contributed by atoms with Crippen LogP contribution in [0.4, 0.5) is 0 Å². The van der Waals surface area contributed by atoms with E-state index < -0.39 is 10.0 Å². The molecule has 8 nitrogen and oxygen atoms in total. The Kier molecular flexibility index (Phi) is 7.03. The predicted octanol–water partition coefficient (Wildman–Crippen LogP) is 0.259. The maximum absolute atomic E-state index is 12.0. The largest absolute Gasteiger partial charge is 0.356 e. The lowest BCUT2D eigenvalue weighted by molar-refractivity contribution is -0.120. The fraction of sp³-hybridized carbons (Fsp3) is 0.579. The van der Waals surface area contributed by atoms with E-state index in [-0.39, 0.29) is 23.8 Å². The molecule has 2 N–H and O–H groups in total. The van der Waals surface area contributed by atoms with Crippen molar-refractivity contribution in [1.29, 1.82) is 0 Å². The molecular weight excluding hydrogens is 378 g/mol. The van der Waals surface area contributed by atoms with E-state index in [2.05, 4.69) is 31.9 Å². The highest BCUT2D eigenvalue weighted by atomic mass is 32.2. The van der Waals surface area contributed by atoms with Crippen LogP contribution in [-0.4, -0.2) is 82.8 Å². The third kappa shape index (κ3) is 5.52. The smallest absolute Gasteiger partial charge is 0.263 e. The van der Waals surface area contributed by atoms with Gasteiger partial charge in [0.25, 0.3) is 10.0 Å². The molecule has 1 saturated heterocycles. The Bertz CT molecular complexity index is 817.